The summed E-state index contributed by atoms with van der Waals surface area (Å²) in [5, 5.41) is 14.0. The number of likely N-dealkylation sites (tertiary alicyclic amines) is 1. The molecule has 1 amide bonds. The van der Waals surface area contributed by atoms with E-state index in [9.17, 15) is 9.90 Å². The summed E-state index contributed by atoms with van der Waals surface area (Å²) in [6.07, 6.45) is 2.94. The molecule has 5 nitrogen and oxygen atoms in total. The molecule has 18 heavy (non-hydrogen) atoms. The summed E-state index contributed by atoms with van der Waals surface area (Å²) in [6.45, 7) is 5.12. The number of amides is 1. The minimum atomic E-state index is -0.644. The summed E-state index contributed by atoms with van der Waals surface area (Å²) in [5.74, 6) is 0.0135. The zero-order valence-corrected chi connectivity index (χ0v) is 11.7. The molecular formula is C12H19N3O2S. The van der Waals surface area contributed by atoms with E-state index < -0.39 is 5.60 Å². The van der Waals surface area contributed by atoms with Crippen molar-refractivity contribution >= 4 is 17.4 Å². The number of aliphatic hydroxyl groups is 1. The molecule has 0 radical (unpaired) electrons. The van der Waals surface area contributed by atoms with E-state index in [1.165, 1.54) is 11.5 Å². The smallest absolute Gasteiger partial charge is 0.267 e. The summed E-state index contributed by atoms with van der Waals surface area (Å²) >= 11 is 1.17. The molecule has 1 saturated heterocycles. The van der Waals surface area contributed by atoms with Crippen LogP contribution in [0.3, 0.4) is 0 Å². The van der Waals surface area contributed by atoms with Crippen molar-refractivity contribution < 1.29 is 9.90 Å². The molecular weight excluding hydrogens is 250 g/mol. The Morgan fingerprint density at radius 3 is 3.00 bits per heavy atom. The number of rotatable bonds is 2. The Balaban J connectivity index is 2.10. The highest BCUT2D eigenvalue weighted by Crippen LogP contribution is 2.23. The Labute approximate surface area is 111 Å². The van der Waals surface area contributed by atoms with Gasteiger partial charge in [-0.05, 0) is 44.1 Å². The van der Waals surface area contributed by atoms with Gasteiger partial charge < -0.3 is 10.0 Å². The molecule has 0 aromatic carbocycles. The van der Waals surface area contributed by atoms with E-state index in [0.717, 1.165) is 25.0 Å². The first-order valence-electron chi connectivity index (χ1n) is 6.36. The molecule has 2 rings (SSSR count). The van der Waals surface area contributed by atoms with Crippen LogP contribution in [0.2, 0.25) is 0 Å². The van der Waals surface area contributed by atoms with Gasteiger partial charge in [0.1, 0.15) is 4.88 Å². The number of hydrogen-bond donors (Lipinski definition) is 1. The Bertz CT molecular complexity index is 431. The number of carbonyl (C=O) groups excluding carboxylic acids is 1. The average molecular weight is 269 g/mol. The monoisotopic (exact) mass is 269 g/mol. The topological polar surface area (TPSA) is 66.3 Å². The highest BCUT2D eigenvalue weighted by atomic mass is 32.1. The largest absolute Gasteiger partial charge is 0.390 e. The van der Waals surface area contributed by atoms with Crippen LogP contribution in [0.1, 0.15) is 48.5 Å². The second-order valence-electron chi connectivity index (χ2n) is 5.05. The van der Waals surface area contributed by atoms with Crippen LogP contribution in [-0.4, -0.2) is 44.2 Å². The minimum Gasteiger partial charge on any atom is -0.390 e. The summed E-state index contributed by atoms with van der Waals surface area (Å²) in [5.41, 5.74) is 0.134. The second-order valence-corrected chi connectivity index (χ2v) is 5.80. The molecule has 2 heterocycles. The lowest BCUT2D eigenvalue weighted by atomic mass is 9.98. The third kappa shape index (κ3) is 2.87. The highest BCUT2D eigenvalue weighted by molar-refractivity contribution is 7.07. The van der Waals surface area contributed by atoms with Crippen molar-refractivity contribution in [3.8, 4) is 0 Å². The predicted octanol–water partition coefficient (Wildman–Crippen LogP) is 1.48. The molecule has 1 atom stereocenters. The second kappa shape index (κ2) is 5.32. The van der Waals surface area contributed by atoms with E-state index in [4.69, 9.17) is 0 Å². The third-order valence-corrected chi connectivity index (χ3v) is 4.19. The van der Waals surface area contributed by atoms with Crippen LogP contribution in [0.4, 0.5) is 0 Å². The molecule has 1 aliphatic rings. The summed E-state index contributed by atoms with van der Waals surface area (Å²) in [6, 6.07) is 0. The van der Waals surface area contributed by atoms with E-state index in [1.54, 1.807) is 0 Å². The first kappa shape index (κ1) is 13.4. The Morgan fingerprint density at radius 1 is 1.50 bits per heavy atom. The molecule has 1 aromatic rings. The fourth-order valence-electron chi connectivity index (χ4n) is 2.21. The first-order valence-corrected chi connectivity index (χ1v) is 7.14. The van der Waals surface area contributed by atoms with Crippen LogP contribution in [0.25, 0.3) is 0 Å². The van der Waals surface area contributed by atoms with E-state index in [2.05, 4.69) is 9.59 Å². The number of aryl methyl sites for hydroxylation is 1. The molecule has 1 N–H and O–H groups in total. The van der Waals surface area contributed by atoms with E-state index in [1.807, 2.05) is 18.7 Å². The lowest BCUT2D eigenvalue weighted by Crippen LogP contribution is -2.33. The van der Waals surface area contributed by atoms with Crippen LogP contribution in [0, 0.1) is 0 Å². The summed E-state index contributed by atoms with van der Waals surface area (Å²) in [7, 11) is 0. The van der Waals surface area contributed by atoms with Gasteiger partial charge in [0.25, 0.3) is 5.91 Å². The van der Waals surface area contributed by atoms with Crippen molar-refractivity contribution in [3.05, 3.63) is 10.6 Å². The first-order chi connectivity index (χ1) is 8.53. The SMILES string of the molecule is CCc1nnsc1C(=O)N1CCCC(C)(O)CC1. The van der Waals surface area contributed by atoms with Crippen molar-refractivity contribution in [3.63, 3.8) is 0 Å². The molecule has 1 fully saturated rings. The fraction of sp³-hybridized carbons (Fsp3) is 0.750. The molecule has 0 saturated carbocycles. The maximum atomic E-state index is 12.4. The zero-order chi connectivity index (χ0) is 13.2. The van der Waals surface area contributed by atoms with Crippen molar-refractivity contribution in [2.45, 2.75) is 45.1 Å². The molecule has 6 heteroatoms. The van der Waals surface area contributed by atoms with Gasteiger partial charge in [0.2, 0.25) is 0 Å². The predicted molar refractivity (Wildman–Crippen MR) is 69.7 cm³/mol. The Morgan fingerprint density at radius 2 is 2.28 bits per heavy atom. The zero-order valence-electron chi connectivity index (χ0n) is 10.8. The van der Waals surface area contributed by atoms with Crippen molar-refractivity contribution in [2.75, 3.05) is 13.1 Å². The lowest BCUT2D eigenvalue weighted by Gasteiger charge is -2.22. The molecule has 1 unspecified atom stereocenters. The van der Waals surface area contributed by atoms with Crippen LogP contribution >= 0.6 is 11.5 Å². The standard InChI is InChI=1S/C12H19N3O2S/c1-3-9-10(18-14-13-9)11(16)15-7-4-5-12(2,17)6-8-15/h17H,3-8H2,1-2H3. The highest BCUT2D eigenvalue weighted by Gasteiger charge is 2.29. The van der Waals surface area contributed by atoms with Gasteiger partial charge >= 0.3 is 0 Å². The van der Waals surface area contributed by atoms with Gasteiger partial charge in [-0.3, -0.25) is 4.79 Å². The lowest BCUT2D eigenvalue weighted by molar-refractivity contribution is 0.0438. The van der Waals surface area contributed by atoms with Gasteiger partial charge in [-0.2, -0.15) is 0 Å². The quantitative estimate of drug-likeness (QED) is 0.883. The summed E-state index contributed by atoms with van der Waals surface area (Å²) in [4.78, 5) is 14.8. The van der Waals surface area contributed by atoms with Gasteiger partial charge in [-0.25, -0.2) is 0 Å². The van der Waals surface area contributed by atoms with E-state index in [-0.39, 0.29) is 5.91 Å². The van der Waals surface area contributed by atoms with Gasteiger partial charge in [0.15, 0.2) is 0 Å². The van der Waals surface area contributed by atoms with Crippen molar-refractivity contribution in [2.24, 2.45) is 0 Å². The molecule has 0 bridgehead atoms. The Kier molecular flexibility index (Phi) is 3.97. The molecule has 1 aliphatic heterocycles. The van der Waals surface area contributed by atoms with Crippen LogP contribution in [-0.2, 0) is 6.42 Å². The van der Waals surface area contributed by atoms with E-state index >= 15 is 0 Å². The Hall–Kier alpha value is -1.01. The third-order valence-electron chi connectivity index (χ3n) is 3.44. The fourth-order valence-corrected chi connectivity index (χ4v) is 2.93. The van der Waals surface area contributed by atoms with E-state index in [0.29, 0.717) is 24.4 Å². The summed E-state index contributed by atoms with van der Waals surface area (Å²) < 4.78 is 3.86. The van der Waals surface area contributed by atoms with Gasteiger partial charge in [-0.15, -0.1) is 5.10 Å². The number of aromatic nitrogens is 2. The maximum Gasteiger partial charge on any atom is 0.267 e. The minimum absolute atomic E-state index is 0.0135. The number of carbonyl (C=O) groups is 1. The molecule has 0 aliphatic carbocycles. The van der Waals surface area contributed by atoms with Crippen molar-refractivity contribution in [1.82, 2.24) is 14.5 Å². The molecule has 100 valence electrons. The molecule has 0 spiro atoms. The molecule has 1 aromatic heterocycles. The van der Waals surface area contributed by atoms with Gasteiger partial charge in [0, 0.05) is 13.1 Å². The van der Waals surface area contributed by atoms with Crippen LogP contribution in [0.5, 0.6) is 0 Å². The van der Waals surface area contributed by atoms with Gasteiger partial charge in [0.05, 0.1) is 11.3 Å². The van der Waals surface area contributed by atoms with Crippen LogP contribution in [0.15, 0.2) is 0 Å². The number of hydrogen-bond acceptors (Lipinski definition) is 5. The average Bonchev–Trinajstić information content (AvgIpc) is 2.73. The normalized spacial score (nSPS) is 24.9. The van der Waals surface area contributed by atoms with Gasteiger partial charge in [-0.1, -0.05) is 11.4 Å². The maximum absolute atomic E-state index is 12.4. The van der Waals surface area contributed by atoms with Crippen LogP contribution < -0.4 is 0 Å². The number of nitrogens with zero attached hydrogens (tertiary/aromatic N) is 3. The van der Waals surface area contributed by atoms with Crippen molar-refractivity contribution in [1.29, 1.82) is 0 Å².